The van der Waals surface area contributed by atoms with Crippen LogP contribution in [0.1, 0.15) is 10.5 Å². The minimum atomic E-state index is -0.241. The summed E-state index contributed by atoms with van der Waals surface area (Å²) in [7, 11) is 1.63. The number of benzene rings is 1. The monoisotopic (exact) mass is 359 g/mol. The summed E-state index contributed by atoms with van der Waals surface area (Å²) in [6.07, 6.45) is 0. The van der Waals surface area contributed by atoms with Crippen molar-refractivity contribution in [2.75, 3.05) is 56.7 Å². The summed E-state index contributed by atoms with van der Waals surface area (Å²) in [5, 5.41) is 11.1. The second kappa shape index (κ2) is 8.57. The number of para-hydroxylation sites is 1. The Morgan fingerprint density at radius 1 is 1.15 bits per heavy atom. The molecule has 1 amide bonds. The Balaban J connectivity index is 1.56. The fourth-order valence-corrected chi connectivity index (χ4v) is 2.84. The zero-order valence-corrected chi connectivity index (χ0v) is 14.7. The number of carbonyl (C=O) groups excluding carboxylic acids is 1. The third kappa shape index (κ3) is 4.26. The first-order chi connectivity index (χ1) is 12.7. The second-order valence-corrected chi connectivity index (χ2v) is 5.95. The largest absolute Gasteiger partial charge is 0.383 e. The summed E-state index contributed by atoms with van der Waals surface area (Å²) < 4.78 is 18.8. The van der Waals surface area contributed by atoms with Gasteiger partial charge in [0.25, 0.3) is 5.91 Å². The Bertz CT molecular complexity index is 733. The Labute approximate surface area is 151 Å². The zero-order chi connectivity index (χ0) is 18.4. The lowest BCUT2D eigenvalue weighted by Gasteiger charge is -2.36. The average molecular weight is 359 g/mol. The van der Waals surface area contributed by atoms with Crippen LogP contribution in [0.4, 0.5) is 15.9 Å². The number of rotatable bonds is 6. The van der Waals surface area contributed by atoms with Crippen LogP contribution in [-0.2, 0) is 4.74 Å². The molecule has 0 atom stereocenters. The Morgan fingerprint density at radius 3 is 2.58 bits per heavy atom. The first kappa shape index (κ1) is 18.1. The molecule has 3 rings (SSSR count). The third-order valence-electron chi connectivity index (χ3n) is 4.26. The van der Waals surface area contributed by atoms with Gasteiger partial charge in [-0.3, -0.25) is 4.79 Å². The van der Waals surface area contributed by atoms with E-state index in [1.807, 2.05) is 11.0 Å². The summed E-state index contributed by atoms with van der Waals surface area (Å²) in [6, 6.07) is 10.1. The van der Waals surface area contributed by atoms with E-state index in [1.165, 1.54) is 6.07 Å². The molecule has 0 radical (unpaired) electrons. The summed E-state index contributed by atoms with van der Waals surface area (Å²) in [4.78, 5) is 16.2. The first-order valence-corrected chi connectivity index (χ1v) is 8.54. The maximum atomic E-state index is 13.9. The molecule has 1 aromatic heterocycles. The molecule has 1 aromatic carbocycles. The maximum Gasteiger partial charge on any atom is 0.274 e. The number of amides is 1. The topological polar surface area (TPSA) is 70.6 Å². The zero-order valence-electron chi connectivity index (χ0n) is 14.7. The van der Waals surface area contributed by atoms with Crippen molar-refractivity contribution < 1.29 is 13.9 Å². The summed E-state index contributed by atoms with van der Waals surface area (Å²) >= 11 is 0. The molecule has 0 bridgehead atoms. The van der Waals surface area contributed by atoms with E-state index < -0.39 is 0 Å². The first-order valence-electron chi connectivity index (χ1n) is 8.54. The van der Waals surface area contributed by atoms with Gasteiger partial charge >= 0.3 is 0 Å². The fourth-order valence-electron chi connectivity index (χ4n) is 2.84. The van der Waals surface area contributed by atoms with Gasteiger partial charge in [-0.1, -0.05) is 12.1 Å². The molecule has 0 saturated carbocycles. The molecule has 2 heterocycles. The van der Waals surface area contributed by atoms with Crippen molar-refractivity contribution >= 4 is 17.4 Å². The molecule has 8 heteroatoms. The lowest BCUT2D eigenvalue weighted by atomic mass is 10.2. The molecule has 1 aliphatic heterocycles. The molecule has 1 saturated heterocycles. The molecule has 7 nitrogen and oxygen atoms in total. The molecular weight excluding hydrogens is 337 g/mol. The van der Waals surface area contributed by atoms with Crippen LogP contribution in [0.2, 0.25) is 0 Å². The van der Waals surface area contributed by atoms with Gasteiger partial charge < -0.3 is 19.9 Å². The quantitative estimate of drug-likeness (QED) is 0.791. The minimum Gasteiger partial charge on any atom is -0.383 e. The van der Waals surface area contributed by atoms with Crippen molar-refractivity contribution in [3.8, 4) is 0 Å². The van der Waals surface area contributed by atoms with Crippen LogP contribution in [0.5, 0.6) is 0 Å². The number of halogens is 1. The van der Waals surface area contributed by atoms with E-state index in [4.69, 9.17) is 4.74 Å². The van der Waals surface area contributed by atoms with Gasteiger partial charge in [0.1, 0.15) is 11.6 Å². The van der Waals surface area contributed by atoms with Gasteiger partial charge in [0.05, 0.1) is 12.3 Å². The van der Waals surface area contributed by atoms with Crippen molar-refractivity contribution in [1.82, 2.24) is 15.1 Å². The number of carbonyl (C=O) groups is 1. The predicted octanol–water partition coefficient (Wildman–Crippen LogP) is 1.64. The molecule has 0 spiro atoms. The number of anilines is 2. The average Bonchev–Trinajstić information content (AvgIpc) is 2.69. The number of piperazine rings is 1. The molecule has 138 valence electrons. The number of hydrogen-bond acceptors (Lipinski definition) is 6. The molecule has 26 heavy (non-hydrogen) atoms. The van der Waals surface area contributed by atoms with Gasteiger partial charge in [-0.05, 0) is 24.3 Å². The van der Waals surface area contributed by atoms with Gasteiger partial charge in [-0.25, -0.2) is 4.39 Å². The molecule has 0 unspecified atom stereocenters. The Hall–Kier alpha value is -2.74. The molecular formula is C18H22FN5O2. The summed E-state index contributed by atoms with van der Waals surface area (Å²) in [6.45, 7) is 3.38. The highest BCUT2D eigenvalue weighted by Gasteiger charge is 2.24. The van der Waals surface area contributed by atoms with E-state index in [-0.39, 0.29) is 11.7 Å². The van der Waals surface area contributed by atoms with Crippen LogP contribution < -0.4 is 10.2 Å². The normalized spacial score (nSPS) is 14.4. The van der Waals surface area contributed by atoms with Crippen LogP contribution in [0.25, 0.3) is 0 Å². The summed E-state index contributed by atoms with van der Waals surface area (Å²) in [5.74, 6) is 0.201. The highest BCUT2D eigenvalue weighted by atomic mass is 19.1. The van der Waals surface area contributed by atoms with Gasteiger partial charge in [-0.15, -0.1) is 10.2 Å². The van der Waals surface area contributed by atoms with Crippen LogP contribution in [-0.4, -0.2) is 67.4 Å². The van der Waals surface area contributed by atoms with E-state index in [2.05, 4.69) is 15.5 Å². The van der Waals surface area contributed by atoms with Crippen molar-refractivity contribution in [2.45, 2.75) is 0 Å². The van der Waals surface area contributed by atoms with E-state index >= 15 is 0 Å². The van der Waals surface area contributed by atoms with Gasteiger partial charge in [-0.2, -0.15) is 0 Å². The number of methoxy groups -OCH3 is 1. The number of nitrogens with one attached hydrogen (secondary N) is 1. The fraction of sp³-hybridized carbons (Fsp3) is 0.389. The van der Waals surface area contributed by atoms with Crippen molar-refractivity contribution in [1.29, 1.82) is 0 Å². The van der Waals surface area contributed by atoms with Crippen LogP contribution in [0.15, 0.2) is 36.4 Å². The number of aromatic nitrogens is 2. The van der Waals surface area contributed by atoms with E-state index in [0.717, 1.165) is 0 Å². The maximum absolute atomic E-state index is 13.9. The predicted molar refractivity (Wildman–Crippen MR) is 96.9 cm³/mol. The van der Waals surface area contributed by atoms with Gasteiger partial charge in [0.15, 0.2) is 5.69 Å². The third-order valence-corrected chi connectivity index (χ3v) is 4.26. The van der Waals surface area contributed by atoms with E-state index in [9.17, 15) is 9.18 Å². The van der Waals surface area contributed by atoms with Crippen molar-refractivity contribution in [3.05, 3.63) is 47.9 Å². The molecule has 0 aliphatic carbocycles. The molecule has 1 fully saturated rings. The Morgan fingerprint density at radius 2 is 1.92 bits per heavy atom. The smallest absolute Gasteiger partial charge is 0.274 e. The van der Waals surface area contributed by atoms with Gasteiger partial charge in [0, 0.05) is 39.8 Å². The highest BCUT2D eigenvalue weighted by Crippen LogP contribution is 2.20. The molecule has 1 N–H and O–H groups in total. The lowest BCUT2D eigenvalue weighted by Crippen LogP contribution is -2.49. The standard InChI is InChI=1S/C18H22FN5O2/c1-26-13-8-20-17-7-6-15(21-22-17)18(25)24-11-9-23(10-12-24)16-5-3-2-4-14(16)19/h2-7H,8-13H2,1H3,(H,20,22). The number of ether oxygens (including phenoxy) is 1. The minimum absolute atomic E-state index is 0.158. The molecule has 2 aromatic rings. The van der Waals surface area contributed by atoms with Crippen molar-refractivity contribution in [2.24, 2.45) is 0 Å². The highest BCUT2D eigenvalue weighted by molar-refractivity contribution is 5.92. The van der Waals surface area contributed by atoms with Crippen molar-refractivity contribution in [3.63, 3.8) is 0 Å². The van der Waals surface area contributed by atoms with E-state index in [0.29, 0.717) is 56.5 Å². The number of hydrogen-bond donors (Lipinski definition) is 1. The SMILES string of the molecule is COCCNc1ccc(C(=O)N2CCN(c3ccccc3F)CC2)nn1. The summed E-state index contributed by atoms with van der Waals surface area (Å²) in [5.41, 5.74) is 0.882. The Kier molecular flexibility index (Phi) is 5.96. The second-order valence-electron chi connectivity index (χ2n) is 5.95. The molecule has 1 aliphatic rings. The lowest BCUT2D eigenvalue weighted by molar-refractivity contribution is 0.0739. The number of nitrogens with zero attached hydrogens (tertiary/aromatic N) is 4. The van der Waals surface area contributed by atoms with Crippen LogP contribution in [0, 0.1) is 5.82 Å². The van der Waals surface area contributed by atoms with Crippen LogP contribution >= 0.6 is 0 Å². The van der Waals surface area contributed by atoms with Gasteiger partial charge in [0.2, 0.25) is 0 Å². The van der Waals surface area contributed by atoms with E-state index in [1.54, 1.807) is 36.3 Å². The van der Waals surface area contributed by atoms with Crippen LogP contribution in [0.3, 0.4) is 0 Å².